The van der Waals surface area contributed by atoms with E-state index in [1.807, 2.05) is 0 Å². The summed E-state index contributed by atoms with van der Waals surface area (Å²) < 4.78 is 73.7. The predicted octanol–water partition coefficient (Wildman–Crippen LogP) is 6.87. The van der Waals surface area contributed by atoms with Crippen LogP contribution in [0, 0.1) is 6.92 Å². The molecule has 0 saturated carbocycles. The van der Waals surface area contributed by atoms with Crippen molar-refractivity contribution in [1.29, 1.82) is 0 Å². The molecule has 0 aliphatic carbocycles. The van der Waals surface area contributed by atoms with E-state index in [9.17, 15) is 21.6 Å². The van der Waals surface area contributed by atoms with E-state index in [-0.39, 0.29) is 14.9 Å². The van der Waals surface area contributed by atoms with Crippen LogP contribution in [0.1, 0.15) is 17.5 Å². The first kappa shape index (κ1) is 24.4. The fourth-order valence-corrected chi connectivity index (χ4v) is 5.22. The normalized spacial score (nSPS) is 18.4. The zero-order valence-electron chi connectivity index (χ0n) is 17.4. The molecule has 5 nitrogen and oxygen atoms in total. The Morgan fingerprint density at radius 2 is 1.65 bits per heavy atom. The van der Waals surface area contributed by atoms with Crippen molar-refractivity contribution in [2.24, 2.45) is 5.16 Å². The van der Waals surface area contributed by atoms with Crippen LogP contribution in [0.4, 0.5) is 13.2 Å². The van der Waals surface area contributed by atoms with Crippen molar-refractivity contribution in [3.63, 3.8) is 0 Å². The Kier molecular flexibility index (Phi) is 6.30. The summed E-state index contributed by atoms with van der Waals surface area (Å²) in [7, 11) is -4.56. The molecule has 1 atom stereocenters. The quantitative estimate of drug-likeness (QED) is 0.346. The van der Waals surface area contributed by atoms with Gasteiger partial charge in [0.15, 0.2) is 0 Å². The molecule has 1 unspecified atom stereocenters. The van der Waals surface area contributed by atoms with Gasteiger partial charge in [0.05, 0.1) is 6.42 Å². The van der Waals surface area contributed by atoms with Crippen LogP contribution in [0.25, 0.3) is 11.1 Å². The van der Waals surface area contributed by atoms with E-state index in [0.717, 1.165) is 17.7 Å². The van der Waals surface area contributed by atoms with Gasteiger partial charge in [0.2, 0.25) is 0 Å². The Balaban J connectivity index is 1.69. The maximum Gasteiger partial charge on any atom is 0.435 e. The first-order valence-electron chi connectivity index (χ1n) is 9.80. The fraction of sp³-hybridized carbons (Fsp3) is 0.174. The van der Waals surface area contributed by atoms with Gasteiger partial charge in [-0.3, -0.25) is 0 Å². The molecule has 3 aromatic rings. The summed E-state index contributed by atoms with van der Waals surface area (Å²) in [4.78, 5) is 4.57. The standard InChI is InChI=1S/C23H16Cl2F3NO4S/c1-14-7-8-20(19(9-14)15-5-3-2-4-6-15)34(30,31)32-21-13-22(33-29-21,23(26,27)28)16-10-17(24)12-18(25)11-16/h2-12H,13H2,1H3. The van der Waals surface area contributed by atoms with Crippen molar-refractivity contribution >= 4 is 39.2 Å². The van der Waals surface area contributed by atoms with E-state index in [2.05, 4.69) is 5.16 Å². The highest BCUT2D eigenvalue weighted by atomic mass is 35.5. The van der Waals surface area contributed by atoms with Gasteiger partial charge in [0.1, 0.15) is 4.90 Å². The summed E-state index contributed by atoms with van der Waals surface area (Å²) in [5.74, 6) is -0.756. The van der Waals surface area contributed by atoms with Gasteiger partial charge in [-0.2, -0.15) is 21.6 Å². The van der Waals surface area contributed by atoms with Gasteiger partial charge >= 0.3 is 16.3 Å². The summed E-state index contributed by atoms with van der Waals surface area (Å²) in [6, 6.07) is 16.5. The minimum Gasteiger partial charge on any atom is -0.371 e. The molecular weight excluding hydrogens is 514 g/mol. The van der Waals surface area contributed by atoms with Crippen LogP contribution < -0.4 is 0 Å². The molecule has 0 bridgehead atoms. The fourth-order valence-electron chi connectivity index (χ4n) is 3.59. The number of halogens is 5. The lowest BCUT2D eigenvalue weighted by molar-refractivity contribution is -0.275. The Hall–Kier alpha value is -2.75. The van der Waals surface area contributed by atoms with Gasteiger partial charge < -0.3 is 9.02 Å². The molecule has 0 spiro atoms. The van der Waals surface area contributed by atoms with E-state index in [1.54, 1.807) is 49.4 Å². The van der Waals surface area contributed by atoms with Crippen molar-refractivity contribution in [3.8, 4) is 11.1 Å². The van der Waals surface area contributed by atoms with E-state index < -0.39 is 39.8 Å². The summed E-state index contributed by atoms with van der Waals surface area (Å²) in [6.45, 7) is 1.78. The van der Waals surface area contributed by atoms with Crippen LogP contribution in [0.15, 0.2) is 76.8 Å². The topological polar surface area (TPSA) is 65.0 Å². The van der Waals surface area contributed by atoms with Gasteiger partial charge in [0.25, 0.3) is 11.5 Å². The molecule has 0 fully saturated rings. The zero-order chi connectivity index (χ0) is 24.7. The lowest BCUT2D eigenvalue weighted by Gasteiger charge is -2.29. The Labute approximate surface area is 203 Å². The number of rotatable bonds is 4. The third-order valence-electron chi connectivity index (χ3n) is 5.19. The first-order valence-corrected chi connectivity index (χ1v) is 12.0. The van der Waals surface area contributed by atoms with Crippen molar-refractivity contribution in [3.05, 3.63) is 87.9 Å². The van der Waals surface area contributed by atoms with Gasteiger partial charge in [-0.1, -0.05) is 65.2 Å². The second-order valence-electron chi connectivity index (χ2n) is 7.64. The summed E-state index contributed by atoms with van der Waals surface area (Å²) in [5, 5.41) is 3.23. The number of benzene rings is 3. The molecule has 178 valence electrons. The monoisotopic (exact) mass is 529 g/mol. The lowest BCUT2D eigenvalue weighted by Crippen LogP contribution is -2.43. The molecule has 1 aliphatic rings. The van der Waals surface area contributed by atoms with Crippen LogP contribution in [-0.4, -0.2) is 20.5 Å². The van der Waals surface area contributed by atoms with Gasteiger partial charge in [-0.05, 0) is 48.0 Å². The van der Waals surface area contributed by atoms with Gasteiger partial charge in [-0.15, -0.1) is 0 Å². The molecule has 0 N–H and O–H groups in total. The van der Waals surface area contributed by atoms with E-state index in [4.69, 9.17) is 32.2 Å². The molecule has 0 radical (unpaired) electrons. The molecule has 0 saturated heterocycles. The van der Waals surface area contributed by atoms with E-state index in [1.165, 1.54) is 12.1 Å². The number of oxime groups is 1. The first-order chi connectivity index (χ1) is 15.9. The molecule has 4 rings (SSSR count). The Bertz CT molecular complexity index is 1360. The SMILES string of the molecule is Cc1ccc(S(=O)(=O)OC2=NOC(c3cc(Cl)cc(Cl)c3)(C(F)(F)F)C2)c(-c2ccccc2)c1. The van der Waals surface area contributed by atoms with Gasteiger partial charge in [-0.25, -0.2) is 0 Å². The van der Waals surface area contributed by atoms with Crippen LogP contribution in [0.3, 0.4) is 0 Å². The van der Waals surface area contributed by atoms with Crippen molar-refractivity contribution in [2.75, 3.05) is 0 Å². The molecule has 11 heteroatoms. The molecule has 1 heterocycles. The highest BCUT2D eigenvalue weighted by Gasteiger charge is 2.63. The van der Waals surface area contributed by atoms with Crippen LogP contribution in [-0.2, 0) is 24.7 Å². The van der Waals surface area contributed by atoms with Crippen molar-refractivity contribution in [2.45, 2.75) is 30.0 Å². The number of hydrogen-bond donors (Lipinski definition) is 0. The van der Waals surface area contributed by atoms with Crippen molar-refractivity contribution < 1.29 is 30.6 Å². The summed E-state index contributed by atoms with van der Waals surface area (Å²) in [5.41, 5.74) is -1.73. The number of nitrogens with zero attached hydrogens (tertiary/aromatic N) is 1. The average Bonchev–Trinajstić information content (AvgIpc) is 3.18. The lowest BCUT2D eigenvalue weighted by atomic mass is 9.90. The van der Waals surface area contributed by atoms with Crippen LogP contribution >= 0.6 is 23.2 Å². The smallest absolute Gasteiger partial charge is 0.371 e. The minimum atomic E-state index is -4.99. The largest absolute Gasteiger partial charge is 0.435 e. The van der Waals surface area contributed by atoms with E-state index in [0.29, 0.717) is 11.1 Å². The highest BCUT2D eigenvalue weighted by Crippen LogP contribution is 2.49. The molecule has 0 aromatic heterocycles. The second kappa shape index (κ2) is 8.79. The molecule has 3 aromatic carbocycles. The summed E-state index contributed by atoms with van der Waals surface area (Å²) >= 11 is 11.8. The molecule has 1 aliphatic heterocycles. The third-order valence-corrected chi connectivity index (χ3v) is 6.93. The Morgan fingerprint density at radius 1 is 1.00 bits per heavy atom. The van der Waals surface area contributed by atoms with Gasteiger partial charge in [0, 0.05) is 21.2 Å². The van der Waals surface area contributed by atoms with Crippen LogP contribution in [0.5, 0.6) is 0 Å². The number of hydrogen-bond acceptors (Lipinski definition) is 5. The third kappa shape index (κ3) is 4.60. The molecular formula is C23H16Cl2F3NO4S. The summed E-state index contributed by atoms with van der Waals surface area (Å²) in [6.07, 6.45) is -6.02. The van der Waals surface area contributed by atoms with Crippen LogP contribution in [0.2, 0.25) is 10.0 Å². The maximum absolute atomic E-state index is 14.1. The number of aryl methyl sites for hydroxylation is 1. The highest BCUT2D eigenvalue weighted by molar-refractivity contribution is 7.87. The second-order valence-corrected chi connectivity index (χ2v) is 10.0. The predicted molar refractivity (Wildman–Crippen MR) is 122 cm³/mol. The average molecular weight is 530 g/mol. The number of alkyl halides is 3. The Morgan fingerprint density at radius 3 is 2.26 bits per heavy atom. The maximum atomic E-state index is 14.1. The van der Waals surface area contributed by atoms with Crippen molar-refractivity contribution in [1.82, 2.24) is 0 Å². The molecule has 0 amide bonds. The van der Waals surface area contributed by atoms with E-state index >= 15 is 0 Å². The zero-order valence-corrected chi connectivity index (χ0v) is 19.8. The molecule has 34 heavy (non-hydrogen) atoms. The minimum absolute atomic E-state index is 0.0520.